The van der Waals surface area contributed by atoms with Crippen molar-refractivity contribution < 1.29 is 4.74 Å². The van der Waals surface area contributed by atoms with Crippen molar-refractivity contribution in [3.8, 4) is 0 Å². The van der Waals surface area contributed by atoms with E-state index in [-0.39, 0.29) is 5.28 Å². The van der Waals surface area contributed by atoms with Gasteiger partial charge in [-0.1, -0.05) is 13.8 Å². The maximum Gasteiger partial charge on any atom is 0.231 e. The Morgan fingerprint density at radius 1 is 1.10 bits per heavy atom. The van der Waals surface area contributed by atoms with Gasteiger partial charge in [0.2, 0.25) is 17.2 Å². The molecule has 0 saturated heterocycles. The first kappa shape index (κ1) is 16.9. The number of halogens is 1. The van der Waals surface area contributed by atoms with Crippen LogP contribution in [0.15, 0.2) is 0 Å². The van der Waals surface area contributed by atoms with Gasteiger partial charge >= 0.3 is 0 Å². The summed E-state index contributed by atoms with van der Waals surface area (Å²) in [6.07, 6.45) is 2.03. The summed E-state index contributed by atoms with van der Waals surface area (Å²) in [5.41, 5.74) is 0. The first-order chi connectivity index (χ1) is 9.53. The van der Waals surface area contributed by atoms with E-state index in [1.807, 2.05) is 19.0 Å². The van der Waals surface area contributed by atoms with Crippen LogP contribution in [0, 0.1) is 0 Å². The third-order valence-electron chi connectivity index (χ3n) is 3.16. The molecule has 0 N–H and O–H groups in total. The second kappa shape index (κ2) is 8.21. The first-order valence-corrected chi connectivity index (χ1v) is 7.25. The fourth-order valence-corrected chi connectivity index (χ4v) is 2.17. The molecule has 0 unspecified atom stereocenters. The van der Waals surface area contributed by atoms with Crippen LogP contribution in [-0.4, -0.2) is 55.4 Å². The quantitative estimate of drug-likeness (QED) is 0.734. The molecule has 0 saturated carbocycles. The molecule has 0 aliphatic rings. The van der Waals surface area contributed by atoms with Gasteiger partial charge in [-0.05, 0) is 24.4 Å². The molecule has 0 bridgehead atoms. The molecular weight excluding hydrogens is 278 g/mol. The zero-order valence-corrected chi connectivity index (χ0v) is 13.7. The fraction of sp³-hybridized carbons (Fsp3) is 0.769. The fourth-order valence-electron chi connectivity index (χ4n) is 2.02. The molecule has 0 spiro atoms. The van der Waals surface area contributed by atoms with Gasteiger partial charge in [-0.25, -0.2) is 0 Å². The molecule has 7 heteroatoms. The van der Waals surface area contributed by atoms with E-state index in [2.05, 4.69) is 33.7 Å². The van der Waals surface area contributed by atoms with E-state index in [1.165, 1.54) is 0 Å². The average Bonchev–Trinajstić information content (AvgIpc) is 2.42. The average molecular weight is 302 g/mol. The minimum atomic E-state index is 0.215. The zero-order chi connectivity index (χ0) is 15.1. The van der Waals surface area contributed by atoms with Crippen molar-refractivity contribution in [2.75, 3.05) is 44.2 Å². The lowest BCUT2D eigenvalue weighted by atomic mass is 10.1. The Labute approximate surface area is 126 Å². The van der Waals surface area contributed by atoms with Crippen LogP contribution in [0.5, 0.6) is 0 Å². The van der Waals surface area contributed by atoms with Crippen molar-refractivity contribution in [3.63, 3.8) is 0 Å². The van der Waals surface area contributed by atoms with E-state index < -0.39 is 0 Å². The highest BCUT2D eigenvalue weighted by molar-refractivity contribution is 6.28. The van der Waals surface area contributed by atoms with Crippen molar-refractivity contribution in [1.82, 2.24) is 15.0 Å². The van der Waals surface area contributed by atoms with E-state index in [0.29, 0.717) is 24.5 Å². The second-order valence-electron chi connectivity index (χ2n) is 4.76. The van der Waals surface area contributed by atoms with E-state index in [0.717, 1.165) is 19.4 Å². The molecule has 0 radical (unpaired) electrons. The molecule has 1 heterocycles. The van der Waals surface area contributed by atoms with Crippen LogP contribution < -0.4 is 9.80 Å². The number of hydrogen-bond acceptors (Lipinski definition) is 6. The Balaban J connectivity index is 3.11. The van der Waals surface area contributed by atoms with E-state index in [4.69, 9.17) is 16.3 Å². The summed E-state index contributed by atoms with van der Waals surface area (Å²) in [4.78, 5) is 16.8. The van der Waals surface area contributed by atoms with Gasteiger partial charge in [-0.15, -0.1) is 0 Å². The van der Waals surface area contributed by atoms with Gasteiger partial charge in [0.25, 0.3) is 0 Å². The minimum absolute atomic E-state index is 0.215. The number of rotatable bonds is 8. The lowest BCUT2D eigenvalue weighted by Crippen LogP contribution is -2.38. The predicted molar refractivity (Wildman–Crippen MR) is 82.8 cm³/mol. The smallest absolute Gasteiger partial charge is 0.231 e. The van der Waals surface area contributed by atoms with Crippen molar-refractivity contribution >= 4 is 23.5 Å². The van der Waals surface area contributed by atoms with E-state index in [9.17, 15) is 0 Å². The van der Waals surface area contributed by atoms with Gasteiger partial charge in [0.15, 0.2) is 0 Å². The summed E-state index contributed by atoms with van der Waals surface area (Å²) in [7, 11) is 5.45. The van der Waals surface area contributed by atoms with Crippen LogP contribution in [0.3, 0.4) is 0 Å². The number of ether oxygens (including phenoxy) is 1. The SMILES string of the molecule is CCC(CC)N(CCOC)c1nc(Cl)nc(N(C)C)n1. The maximum atomic E-state index is 6.02. The van der Waals surface area contributed by atoms with E-state index >= 15 is 0 Å². The summed E-state index contributed by atoms with van der Waals surface area (Å²) in [5.74, 6) is 1.17. The summed E-state index contributed by atoms with van der Waals surface area (Å²) in [5, 5.41) is 0.215. The third kappa shape index (κ3) is 4.45. The third-order valence-corrected chi connectivity index (χ3v) is 3.33. The van der Waals surface area contributed by atoms with Gasteiger partial charge in [-0.2, -0.15) is 15.0 Å². The molecule has 0 fully saturated rings. The van der Waals surface area contributed by atoms with Crippen LogP contribution in [0.1, 0.15) is 26.7 Å². The molecule has 0 aromatic carbocycles. The van der Waals surface area contributed by atoms with Crippen LogP contribution in [0.2, 0.25) is 5.28 Å². The molecule has 1 aromatic heterocycles. The number of methoxy groups -OCH3 is 1. The van der Waals surface area contributed by atoms with Crippen LogP contribution in [0.4, 0.5) is 11.9 Å². The highest BCUT2D eigenvalue weighted by atomic mass is 35.5. The number of aromatic nitrogens is 3. The first-order valence-electron chi connectivity index (χ1n) is 6.87. The maximum absolute atomic E-state index is 6.02. The molecular formula is C13H24ClN5O. The van der Waals surface area contributed by atoms with E-state index in [1.54, 1.807) is 7.11 Å². The molecule has 0 aliphatic heterocycles. The molecule has 1 aromatic rings. The Hall–Kier alpha value is -1.14. The van der Waals surface area contributed by atoms with Crippen molar-refractivity contribution in [2.24, 2.45) is 0 Å². The molecule has 1 rings (SSSR count). The molecule has 0 atom stereocenters. The lowest BCUT2D eigenvalue weighted by molar-refractivity contribution is 0.202. The molecule has 6 nitrogen and oxygen atoms in total. The van der Waals surface area contributed by atoms with Crippen LogP contribution in [0.25, 0.3) is 0 Å². The second-order valence-corrected chi connectivity index (χ2v) is 5.09. The monoisotopic (exact) mass is 301 g/mol. The van der Waals surface area contributed by atoms with Crippen molar-refractivity contribution in [3.05, 3.63) is 5.28 Å². The highest BCUT2D eigenvalue weighted by Gasteiger charge is 2.20. The van der Waals surface area contributed by atoms with Crippen molar-refractivity contribution in [1.29, 1.82) is 0 Å². The molecule has 114 valence electrons. The number of nitrogens with zero attached hydrogens (tertiary/aromatic N) is 5. The summed E-state index contributed by atoms with van der Waals surface area (Å²) >= 11 is 6.02. The van der Waals surface area contributed by atoms with Gasteiger partial charge < -0.3 is 14.5 Å². The normalized spacial score (nSPS) is 10.9. The Kier molecular flexibility index (Phi) is 6.95. The molecule has 20 heavy (non-hydrogen) atoms. The minimum Gasteiger partial charge on any atom is -0.383 e. The predicted octanol–water partition coefficient (Wildman–Crippen LogP) is 2.23. The zero-order valence-electron chi connectivity index (χ0n) is 12.9. The highest BCUT2D eigenvalue weighted by Crippen LogP contribution is 2.20. The Bertz CT molecular complexity index is 412. The molecule has 0 aliphatic carbocycles. The van der Waals surface area contributed by atoms with Gasteiger partial charge in [0.1, 0.15) is 0 Å². The van der Waals surface area contributed by atoms with Gasteiger partial charge in [0.05, 0.1) is 6.61 Å². The Morgan fingerprint density at radius 3 is 2.20 bits per heavy atom. The summed E-state index contributed by atoms with van der Waals surface area (Å²) < 4.78 is 5.18. The number of hydrogen-bond donors (Lipinski definition) is 0. The standard InChI is InChI=1S/C13H24ClN5O/c1-6-10(7-2)19(8-9-20-5)13-16-11(14)15-12(17-13)18(3)4/h10H,6-9H2,1-5H3. The van der Waals surface area contributed by atoms with Crippen LogP contribution >= 0.6 is 11.6 Å². The lowest BCUT2D eigenvalue weighted by Gasteiger charge is -2.30. The van der Waals surface area contributed by atoms with Gasteiger partial charge in [0, 0.05) is 33.8 Å². The topological polar surface area (TPSA) is 54.4 Å². The molecule has 0 amide bonds. The Morgan fingerprint density at radius 2 is 1.70 bits per heavy atom. The summed E-state index contributed by atoms with van der Waals surface area (Å²) in [6, 6.07) is 0.360. The van der Waals surface area contributed by atoms with Crippen molar-refractivity contribution in [2.45, 2.75) is 32.7 Å². The van der Waals surface area contributed by atoms with Gasteiger partial charge in [-0.3, -0.25) is 0 Å². The summed E-state index contributed by atoms with van der Waals surface area (Å²) in [6.45, 7) is 5.67. The number of anilines is 2. The van der Waals surface area contributed by atoms with Crippen LogP contribution in [-0.2, 0) is 4.74 Å². The largest absolute Gasteiger partial charge is 0.383 e.